The molecule has 3 heterocycles. The first-order valence-corrected chi connectivity index (χ1v) is 12.3. The summed E-state index contributed by atoms with van der Waals surface area (Å²) in [5.41, 5.74) is 0.377. The van der Waals surface area contributed by atoms with Crippen LogP contribution in [0.1, 0.15) is 30.6 Å². The Morgan fingerprint density at radius 2 is 1.63 bits per heavy atom. The molecule has 9 nitrogen and oxygen atoms in total. The van der Waals surface area contributed by atoms with Gasteiger partial charge in [-0.1, -0.05) is 38.1 Å². The molecule has 0 radical (unpaired) electrons. The molecular formula is C27H25F7N2O7. The molecule has 0 aliphatic carbocycles. The smallest absolute Gasteiger partial charge is 0.475 e. The molecule has 1 unspecified atom stereocenters. The van der Waals surface area contributed by atoms with Crippen molar-refractivity contribution in [1.82, 2.24) is 9.88 Å². The second kappa shape index (κ2) is 14.0. The standard InChI is InChI=1S/C22H16F4N2O4.C2HF3O2.C2H6.CH2O/c23-21(24)10-11-28(20(29)14-5-3-7-16-19(14)32-22(25,26)31-16)12-17(21)30-18-9-8-13-4-1-2-6-15(13)27-18;3-2(4,5)1(6)7;2*1-2/h1-9,17H,10-12H2;(H,6,7);1-2H3;1H2. The Labute approximate surface area is 239 Å². The van der Waals surface area contributed by atoms with Gasteiger partial charge in [-0.3, -0.25) is 4.79 Å². The summed E-state index contributed by atoms with van der Waals surface area (Å²) in [6.45, 7) is 5.26. The van der Waals surface area contributed by atoms with Crippen molar-refractivity contribution in [3.05, 3.63) is 60.2 Å². The van der Waals surface area contributed by atoms with Gasteiger partial charge < -0.3 is 29.0 Å². The van der Waals surface area contributed by atoms with Crippen LogP contribution >= 0.6 is 0 Å². The van der Waals surface area contributed by atoms with E-state index in [4.69, 9.17) is 19.4 Å². The number of hydrogen-bond acceptors (Lipinski definition) is 7. The van der Waals surface area contributed by atoms with Crippen molar-refractivity contribution in [1.29, 1.82) is 0 Å². The average molecular weight is 622 g/mol. The van der Waals surface area contributed by atoms with Crippen molar-refractivity contribution >= 4 is 29.6 Å². The molecule has 43 heavy (non-hydrogen) atoms. The van der Waals surface area contributed by atoms with Crippen molar-refractivity contribution in [2.45, 2.75) is 44.8 Å². The number of halogens is 7. The zero-order valence-electron chi connectivity index (χ0n) is 22.5. The first kappa shape index (κ1) is 34.6. The number of para-hydroxylation sites is 2. The first-order chi connectivity index (χ1) is 20.2. The predicted molar refractivity (Wildman–Crippen MR) is 136 cm³/mol. The highest BCUT2D eigenvalue weighted by atomic mass is 19.4. The van der Waals surface area contributed by atoms with Gasteiger partial charge in [0.25, 0.3) is 11.8 Å². The number of ether oxygens (including phenoxy) is 3. The van der Waals surface area contributed by atoms with Gasteiger partial charge in [0.1, 0.15) is 6.79 Å². The van der Waals surface area contributed by atoms with Crippen LogP contribution in [-0.2, 0) is 9.59 Å². The fourth-order valence-electron chi connectivity index (χ4n) is 3.74. The van der Waals surface area contributed by atoms with Crippen LogP contribution in [0.15, 0.2) is 54.6 Å². The van der Waals surface area contributed by atoms with E-state index in [9.17, 15) is 35.5 Å². The van der Waals surface area contributed by atoms with E-state index in [1.165, 1.54) is 24.3 Å². The number of piperidine rings is 1. The van der Waals surface area contributed by atoms with Crippen LogP contribution in [0.4, 0.5) is 30.7 Å². The Kier molecular flexibility index (Phi) is 11.3. The number of carboxylic acids is 1. The molecule has 2 aliphatic rings. The van der Waals surface area contributed by atoms with E-state index in [1.807, 2.05) is 32.8 Å². The lowest BCUT2D eigenvalue weighted by atomic mass is 10.0. The second-order valence-corrected chi connectivity index (χ2v) is 8.31. The highest BCUT2D eigenvalue weighted by Crippen LogP contribution is 2.44. The van der Waals surface area contributed by atoms with Crippen molar-refractivity contribution in [2.75, 3.05) is 13.1 Å². The van der Waals surface area contributed by atoms with Gasteiger partial charge in [-0.15, -0.1) is 8.78 Å². The summed E-state index contributed by atoms with van der Waals surface area (Å²) in [6.07, 6.45) is -11.3. The van der Waals surface area contributed by atoms with Crippen molar-refractivity contribution in [3.8, 4) is 17.4 Å². The molecule has 2 aromatic carbocycles. The number of likely N-dealkylation sites (tertiary alicyclic amines) is 1. The molecule has 1 N–H and O–H groups in total. The zero-order chi connectivity index (χ0) is 32.6. The Hall–Kier alpha value is -4.63. The van der Waals surface area contributed by atoms with Gasteiger partial charge in [-0.25, -0.2) is 18.6 Å². The Morgan fingerprint density at radius 1 is 1.00 bits per heavy atom. The minimum atomic E-state index is -5.08. The van der Waals surface area contributed by atoms with Crippen molar-refractivity contribution < 1.29 is 64.4 Å². The lowest BCUT2D eigenvalue weighted by molar-refractivity contribution is -0.286. The van der Waals surface area contributed by atoms with Gasteiger partial charge in [0.15, 0.2) is 17.6 Å². The normalized spacial score (nSPS) is 17.6. The number of aliphatic carboxylic acids is 1. The molecule has 5 rings (SSSR count). The molecule has 3 aromatic rings. The summed E-state index contributed by atoms with van der Waals surface area (Å²) in [4.78, 5) is 35.3. The summed E-state index contributed by atoms with van der Waals surface area (Å²) in [7, 11) is 0. The number of carbonyl (C=O) groups excluding carboxylic acids is 2. The van der Waals surface area contributed by atoms with Gasteiger partial charge in [0.05, 0.1) is 17.6 Å². The SMILES string of the molecule is C=O.CC.O=C(O)C(F)(F)F.O=C(c1cccc2c1OC(F)(F)O2)N1CCC(F)(F)C(Oc2ccc3ccccc3n2)C1. The quantitative estimate of drug-likeness (QED) is 0.356. The average Bonchev–Trinajstić information content (AvgIpc) is 3.29. The molecule has 234 valence electrons. The number of rotatable bonds is 3. The number of alkyl halides is 7. The molecule has 1 aromatic heterocycles. The van der Waals surface area contributed by atoms with E-state index < -0.39 is 55.1 Å². The van der Waals surface area contributed by atoms with E-state index >= 15 is 0 Å². The third-order valence-corrected chi connectivity index (χ3v) is 5.60. The Balaban J connectivity index is 0.000000512. The largest absolute Gasteiger partial charge is 0.586 e. The zero-order valence-corrected chi connectivity index (χ0v) is 22.5. The molecule has 2 aliphatic heterocycles. The second-order valence-electron chi connectivity index (χ2n) is 8.31. The van der Waals surface area contributed by atoms with Gasteiger partial charge >= 0.3 is 18.4 Å². The fraction of sp³-hybridized carbons (Fsp3) is 0.333. The number of carbonyl (C=O) groups is 3. The van der Waals surface area contributed by atoms with E-state index in [1.54, 1.807) is 18.2 Å². The maximum absolute atomic E-state index is 14.6. The lowest BCUT2D eigenvalue weighted by Crippen LogP contribution is -2.55. The molecular weight excluding hydrogens is 597 g/mol. The minimum Gasteiger partial charge on any atom is -0.475 e. The van der Waals surface area contributed by atoms with Gasteiger partial charge in [-0.2, -0.15) is 13.2 Å². The molecule has 1 amide bonds. The summed E-state index contributed by atoms with van der Waals surface area (Å²) < 4.78 is 102. The molecule has 0 spiro atoms. The maximum Gasteiger partial charge on any atom is 0.586 e. The van der Waals surface area contributed by atoms with Crippen LogP contribution in [0, 0.1) is 0 Å². The topological polar surface area (TPSA) is 115 Å². The van der Waals surface area contributed by atoms with Gasteiger partial charge in [-0.05, 0) is 24.3 Å². The molecule has 16 heteroatoms. The van der Waals surface area contributed by atoms with Crippen molar-refractivity contribution in [2.24, 2.45) is 0 Å². The van der Waals surface area contributed by atoms with Crippen LogP contribution in [0.3, 0.4) is 0 Å². The highest BCUT2D eigenvalue weighted by molar-refractivity contribution is 5.98. The molecule has 1 saturated heterocycles. The summed E-state index contributed by atoms with van der Waals surface area (Å²) in [6, 6.07) is 14.2. The summed E-state index contributed by atoms with van der Waals surface area (Å²) in [5, 5.41) is 7.95. The van der Waals surface area contributed by atoms with Crippen LogP contribution in [0.5, 0.6) is 17.4 Å². The third kappa shape index (κ3) is 8.68. The Morgan fingerprint density at radius 3 is 2.26 bits per heavy atom. The monoisotopic (exact) mass is 622 g/mol. The summed E-state index contributed by atoms with van der Waals surface area (Å²) >= 11 is 0. The van der Waals surface area contributed by atoms with Gasteiger partial charge in [0, 0.05) is 24.4 Å². The number of pyridine rings is 1. The number of aromatic nitrogens is 1. The third-order valence-electron chi connectivity index (χ3n) is 5.60. The van der Waals surface area contributed by atoms with Crippen molar-refractivity contribution in [3.63, 3.8) is 0 Å². The van der Waals surface area contributed by atoms with Crippen LogP contribution in [0.25, 0.3) is 10.9 Å². The fourth-order valence-corrected chi connectivity index (χ4v) is 3.74. The minimum absolute atomic E-state index is 0.000322. The van der Waals surface area contributed by atoms with Gasteiger partial charge in [0.2, 0.25) is 5.88 Å². The molecule has 0 saturated carbocycles. The number of amides is 1. The number of fused-ring (bicyclic) bond motifs is 2. The number of benzene rings is 2. The summed E-state index contributed by atoms with van der Waals surface area (Å²) in [5.74, 6) is -7.43. The first-order valence-electron chi connectivity index (χ1n) is 12.3. The molecule has 1 fully saturated rings. The van der Waals surface area contributed by atoms with Crippen LogP contribution in [-0.4, -0.2) is 71.2 Å². The van der Waals surface area contributed by atoms with E-state index in [0.29, 0.717) is 5.52 Å². The van der Waals surface area contributed by atoms with Crippen LogP contribution < -0.4 is 14.2 Å². The lowest BCUT2D eigenvalue weighted by Gasteiger charge is -2.38. The molecule has 1 atom stereocenters. The Bertz CT molecular complexity index is 1420. The molecule has 0 bridgehead atoms. The predicted octanol–water partition coefficient (Wildman–Crippen LogP) is 5.96. The number of hydrogen-bond donors (Lipinski definition) is 1. The number of carboxylic acid groups (broad SMARTS) is 1. The number of nitrogens with zero attached hydrogens (tertiary/aromatic N) is 2. The maximum atomic E-state index is 14.6. The van der Waals surface area contributed by atoms with Crippen LogP contribution in [0.2, 0.25) is 0 Å². The van der Waals surface area contributed by atoms with E-state index in [2.05, 4.69) is 14.5 Å². The van der Waals surface area contributed by atoms with E-state index in [-0.39, 0.29) is 23.7 Å². The van der Waals surface area contributed by atoms with E-state index in [0.717, 1.165) is 10.3 Å². The highest BCUT2D eigenvalue weighted by Gasteiger charge is 2.49.